The molecule has 0 amide bonds. The molecule has 0 aliphatic carbocycles. The number of aliphatic hydroxyl groups is 3. The zero-order chi connectivity index (χ0) is 24.9. The zero-order valence-corrected chi connectivity index (χ0v) is 21.4. The van der Waals surface area contributed by atoms with Crippen LogP contribution in [0.2, 0.25) is 0 Å². The highest BCUT2D eigenvalue weighted by Crippen LogP contribution is 2.37. The molecule has 3 nitrogen and oxygen atoms in total. The van der Waals surface area contributed by atoms with Crippen LogP contribution in [0.1, 0.15) is 89.2 Å². The Kier molecular flexibility index (Phi) is 12.0. The van der Waals surface area contributed by atoms with Crippen molar-refractivity contribution in [3.05, 3.63) is 83.9 Å². The highest BCUT2D eigenvalue weighted by atomic mass is 16.3. The molecular weight excluding hydrogens is 420 g/mol. The lowest BCUT2D eigenvalue weighted by molar-refractivity contribution is 0.145. The fraction of sp³-hybridized carbons (Fsp3) is 0.548. The average Bonchev–Trinajstić information content (AvgIpc) is 2.88. The first kappa shape index (κ1) is 28.3. The molecule has 0 spiro atoms. The number of hydrogen-bond acceptors (Lipinski definition) is 3. The van der Waals surface area contributed by atoms with E-state index >= 15 is 0 Å². The van der Waals surface area contributed by atoms with Crippen molar-refractivity contribution in [2.24, 2.45) is 0 Å². The van der Waals surface area contributed by atoms with Crippen LogP contribution < -0.4 is 0 Å². The summed E-state index contributed by atoms with van der Waals surface area (Å²) in [6, 6.07) is 20.9. The Morgan fingerprint density at radius 2 is 1.24 bits per heavy atom. The van der Waals surface area contributed by atoms with Gasteiger partial charge < -0.3 is 15.3 Å². The van der Waals surface area contributed by atoms with E-state index in [9.17, 15) is 15.3 Å². The fourth-order valence-corrected chi connectivity index (χ4v) is 5.13. The highest BCUT2D eigenvalue weighted by Gasteiger charge is 2.29. The minimum atomic E-state index is -0.260. The van der Waals surface area contributed by atoms with Crippen molar-refractivity contribution < 1.29 is 15.3 Å². The zero-order valence-electron chi connectivity index (χ0n) is 21.4. The lowest BCUT2D eigenvalue weighted by atomic mass is 9.73. The Bertz CT molecular complexity index is 819. The van der Waals surface area contributed by atoms with Crippen LogP contribution in [0, 0.1) is 0 Å². The molecule has 3 atom stereocenters. The van der Waals surface area contributed by atoms with Crippen molar-refractivity contribution in [3.63, 3.8) is 0 Å². The number of aliphatic hydroxyl groups excluding tert-OH is 3. The maximum atomic E-state index is 10.5. The van der Waals surface area contributed by atoms with Crippen molar-refractivity contribution in [3.8, 4) is 0 Å². The van der Waals surface area contributed by atoms with Gasteiger partial charge in [-0.05, 0) is 60.6 Å². The van der Waals surface area contributed by atoms with Gasteiger partial charge in [-0.2, -0.15) is 0 Å². The molecule has 188 valence electrons. The molecule has 0 saturated heterocycles. The van der Waals surface area contributed by atoms with E-state index in [2.05, 4.69) is 62.9 Å². The van der Waals surface area contributed by atoms with Crippen LogP contribution in [-0.4, -0.2) is 34.6 Å². The Balaban J connectivity index is 1.75. The van der Waals surface area contributed by atoms with Gasteiger partial charge in [0.05, 0.1) is 12.7 Å². The highest BCUT2D eigenvalue weighted by molar-refractivity contribution is 5.34. The minimum absolute atomic E-state index is 0.00573. The van der Waals surface area contributed by atoms with Crippen molar-refractivity contribution in [2.75, 3.05) is 13.2 Å². The SMILES string of the molecule is C=C(CO)C(C)(CCCCC(O)CCCCC(C)(CCCO)c1ccccc1)c1ccccc1. The molecular formula is C31H46O3. The number of benzene rings is 2. The van der Waals surface area contributed by atoms with E-state index in [1.165, 1.54) is 11.1 Å². The summed E-state index contributed by atoms with van der Waals surface area (Å²) in [5.74, 6) is 0. The topological polar surface area (TPSA) is 60.7 Å². The smallest absolute Gasteiger partial charge is 0.0647 e. The van der Waals surface area contributed by atoms with Crippen molar-refractivity contribution in [2.45, 2.75) is 95.0 Å². The second kappa shape index (κ2) is 14.5. The summed E-state index contributed by atoms with van der Waals surface area (Å²) in [4.78, 5) is 0. The largest absolute Gasteiger partial charge is 0.396 e. The molecule has 3 heteroatoms. The minimum Gasteiger partial charge on any atom is -0.396 e. The molecule has 0 saturated carbocycles. The van der Waals surface area contributed by atoms with Gasteiger partial charge in [0.1, 0.15) is 0 Å². The van der Waals surface area contributed by atoms with Gasteiger partial charge >= 0.3 is 0 Å². The van der Waals surface area contributed by atoms with Gasteiger partial charge in [0.2, 0.25) is 0 Å². The Labute approximate surface area is 207 Å². The van der Waals surface area contributed by atoms with E-state index in [0.717, 1.165) is 69.8 Å². The van der Waals surface area contributed by atoms with Gasteiger partial charge in [-0.3, -0.25) is 0 Å². The van der Waals surface area contributed by atoms with Crippen LogP contribution >= 0.6 is 0 Å². The van der Waals surface area contributed by atoms with E-state index < -0.39 is 0 Å². The molecule has 2 rings (SSSR count). The fourth-order valence-electron chi connectivity index (χ4n) is 5.13. The van der Waals surface area contributed by atoms with Crippen LogP contribution in [0.15, 0.2) is 72.8 Å². The third kappa shape index (κ3) is 8.37. The molecule has 0 aliphatic rings. The number of unbranched alkanes of at least 4 members (excludes halogenated alkanes) is 2. The van der Waals surface area contributed by atoms with Gasteiger partial charge in [-0.15, -0.1) is 0 Å². The Hall–Kier alpha value is -1.94. The molecule has 0 aliphatic heterocycles. The molecule has 0 aromatic heterocycles. The third-order valence-electron chi connectivity index (χ3n) is 7.72. The van der Waals surface area contributed by atoms with Crippen LogP contribution in [0.5, 0.6) is 0 Å². The summed E-state index contributed by atoms with van der Waals surface area (Å²) < 4.78 is 0. The summed E-state index contributed by atoms with van der Waals surface area (Å²) in [7, 11) is 0. The van der Waals surface area contributed by atoms with Gasteiger partial charge in [0.25, 0.3) is 0 Å². The molecule has 0 bridgehead atoms. The second-order valence-corrected chi connectivity index (χ2v) is 10.4. The predicted molar refractivity (Wildman–Crippen MR) is 143 cm³/mol. The van der Waals surface area contributed by atoms with E-state index in [-0.39, 0.29) is 30.1 Å². The standard InChI is InChI=1S/C31H46O3/c1-26(25-33)31(3,28-17-8-5-9-18-28)23-13-11-20-29(34)19-10-12-21-30(2,22-14-24-32)27-15-6-4-7-16-27/h4-9,15-18,29,32-34H,1,10-14,19-25H2,2-3H3. The van der Waals surface area contributed by atoms with Crippen LogP contribution in [0.25, 0.3) is 0 Å². The first-order chi connectivity index (χ1) is 16.4. The van der Waals surface area contributed by atoms with E-state index in [0.29, 0.717) is 0 Å². The first-order valence-corrected chi connectivity index (χ1v) is 13.0. The first-order valence-electron chi connectivity index (χ1n) is 13.0. The molecule has 2 aromatic rings. The van der Waals surface area contributed by atoms with Gasteiger partial charge in [-0.1, -0.05) is 107 Å². The lowest BCUT2D eigenvalue weighted by Crippen LogP contribution is -2.26. The monoisotopic (exact) mass is 466 g/mol. The molecule has 0 heterocycles. The second-order valence-electron chi connectivity index (χ2n) is 10.4. The summed E-state index contributed by atoms with van der Waals surface area (Å²) in [6.45, 7) is 8.83. The summed E-state index contributed by atoms with van der Waals surface area (Å²) in [5.41, 5.74) is 3.22. The maximum Gasteiger partial charge on any atom is 0.0647 e. The quantitative estimate of drug-likeness (QED) is 0.179. The van der Waals surface area contributed by atoms with Gasteiger partial charge in [0.15, 0.2) is 0 Å². The predicted octanol–water partition coefficient (Wildman–Crippen LogP) is 6.70. The van der Waals surface area contributed by atoms with Crippen molar-refractivity contribution in [1.82, 2.24) is 0 Å². The van der Waals surface area contributed by atoms with Crippen molar-refractivity contribution in [1.29, 1.82) is 0 Å². The maximum absolute atomic E-state index is 10.5. The molecule has 0 radical (unpaired) electrons. The number of hydrogen-bond donors (Lipinski definition) is 3. The van der Waals surface area contributed by atoms with Crippen molar-refractivity contribution >= 4 is 0 Å². The van der Waals surface area contributed by atoms with Gasteiger partial charge in [-0.25, -0.2) is 0 Å². The lowest BCUT2D eigenvalue weighted by Gasteiger charge is -2.32. The van der Waals surface area contributed by atoms with E-state index in [1.54, 1.807) is 0 Å². The molecule has 3 unspecified atom stereocenters. The molecule has 3 N–H and O–H groups in total. The Morgan fingerprint density at radius 1 is 0.735 bits per heavy atom. The van der Waals surface area contributed by atoms with Crippen LogP contribution in [0.4, 0.5) is 0 Å². The van der Waals surface area contributed by atoms with E-state index in [1.807, 2.05) is 18.2 Å². The molecule has 0 fully saturated rings. The number of rotatable bonds is 17. The molecule has 2 aromatic carbocycles. The summed E-state index contributed by atoms with van der Waals surface area (Å²) in [6.07, 6.45) is 9.25. The van der Waals surface area contributed by atoms with Gasteiger partial charge in [0, 0.05) is 12.0 Å². The normalized spacial score (nSPS) is 15.9. The third-order valence-corrected chi connectivity index (χ3v) is 7.72. The summed E-state index contributed by atoms with van der Waals surface area (Å²) >= 11 is 0. The van der Waals surface area contributed by atoms with Crippen LogP contribution in [0.3, 0.4) is 0 Å². The van der Waals surface area contributed by atoms with Crippen LogP contribution in [-0.2, 0) is 10.8 Å². The Morgan fingerprint density at radius 3 is 1.76 bits per heavy atom. The summed E-state index contributed by atoms with van der Waals surface area (Å²) in [5, 5.41) is 29.6. The van der Waals surface area contributed by atoms with E-state index in [4.69, 9.17) is 0 Å². The molecule has 34 heavy (non-hydrogen) atoms. The average molecular weight is 467 g/mol.